The van der Waals surface area contributed by atoms with E-state index in [2.05, 4.69) is 42.9 Å². The van der Waals surface area contributed by atoms with E-state index >= 15 is 0 Å². The molecule has 1 saturated heterocycles. The van der Waals surface area contributed by atoms with Gasteiger partial charge in [0.15, 0.2) is 0 Å². The summed E-state index contributed by atoms with van der Waals surface area (Å²) >= 11 is 0. The zero-order valence-electron chi connectivity index (χ0n) is 14.2. The van der Waals surface area contributed by atoms with Crippen molar-refractivity contribution in [2.75, 3.05) is 24.5 Å². The fourth-order valence-corrected chi connectivity index (χ4v) is 2.65. The summed E-state index contributed by atoms with van der Waals surface area (Å²) < 4.78 is 0. The number of rotatable bonds is 4. The molecule has 1 aromatic heterocycles. The second-order valence-electron chi connectivity index (χ2n) is 7.04. The molecule has 2 rings (SSSR count). The van der Waals surface area contributed by atoms with E-state index in [1.54, 1.807) is 0 Å². The van der Waals surface area contributed by atoms with E-state index in [1.807, 2.05) is 12.3 Å². The Morgan fingerprint density at radius 2 is 2.05 bits per heavy atom. The highest BCUT2D eigenvalue weighted by Crippen LogP contribution is 2.24. The number of amides is 1. The number of carbonyl (C=O) groups is 1. The summed E-state index contributed by atoms with van der Waals surface area (Å²) in [6.45, 7) is 11.0. The van der Waals surface area contributed by atoms with Gasteiger partial charge in [-0.1, -0.05) is 27.7 Å². The molecule has 1 amide bonds. The number of piperidine rings is 1. The zero-order chi connectivity index (χ0) is 16.2. The van der Waals surface area contributed by atoms with Gasteiger partial charge >= 0.3 is 0 Å². The molecule has 1 aliphatic heterocycles. The van der Waals surface area contributed by atoms with Crippen molar-refractivity contribution in [2.45, 2.75) is 52.4 Å². The molecule has 2 heterocycles. The number of nitrogens with one attached hydrogen (secondary N) is 1. The lowest BCUT2D eigenvalue weighted by Crippen LogP contribution is -2.41. The minimum atomic E-state index is -0.0473. The van der Waals surface area contributed by atoms with Crippen LogP contribution in [0.5, 0.6) is 0 Å². The SMILES string of the molecule is CCCNC(=O)C1CCN(c2ccnc(C(C)(C)C)n2)CC1. The van der Waals surface area contributed by atoms with Gasteiger partial charge in [-0.15, -0.1) is 0 Å². The van der Waals surface area contributed by atoms with Crippen molar-refractivity contribution in [1.29, 1.82) is 0 Å². The van der Waals surface area contributed by atoms with Crippen molar-refractivity contribution in [3.8, 4) is 0 Å². The van der Waals surface area contributed by atoms with E-state index in [0.29, 0.717) is 0 Å². The minimum absolute atomic E-state index is 0.0473. The van der Waals surface area contributed by atoms with Crippen LogP contribution in [0.25, 0.3) is 0 Å². The predicted octanol–water partition coefficient (Wildman–Crippen LogP) is 2.52. The minimum Gasteiger partial charge on any atom is -0.356 e. The molecule has 0 aliphatic carbocycles. The molecule has 5 heteroatoms. The molecule has 0 bridgehead atoms. The number of nitrogens with zero attached hydrogens (tertiary/aromatic N) is 3. The molecular weight excluding hydrogens is 276 g/mol. The number of carbonyl (C=O) groups excluding carboxylic acids is 1. The first-order valence-corrected chi connectivity index (χ1v) is 8.28. The quantitative estimate of drug-likeness (QED) is 0.928. The van der Waals surface area contributed by atoms with Crippen LogP contribution < -0.4 is 10.2 Å². The van der Waals surface area contributed by atoms with Crippen LogP contribution in [-0.4, -0.2) is 35.5 Å². The third kappa shape index (κ3) is 4.18. The van der Waals surface area contributed by atoms with Crippen LogP contribution in [-0.2, 0) is 10.2 Å². The number of hydrogen-bond acceptors (Lipinski definition) is 4. The molecule has 0 aromatic carbocycles. The zero-order valence-corrected chi connectivity index (χ0v) is 14.2. The maximum absolute atomic E-state index is 12.0. The molecule has 1 fully saturated rings. The summed E-state index contributed by atoms with van der Waals surface area (Å²) in [5.41, 5.74) is -0.0473. The molecular formula is C17H28N4O. The van der Waals surface area contributed by atoms with Gasteiger partial charge in [0, 0.05) is 37.2 Å². The normalized spacial score (nSPS) is 16.6. The average molecular weight is 304 g/mol. The van der Waals surface area contributed by atoms with E-state index in [1.165, 1.54) is 0 Å². The Bertz CT molecular complexity index is 502. The highest BCUT2D eigenvalue weighted by Gasteiger charge is 2.26. The molecule has 0 saturated carbocycles. The lowest BCUT2D eigenvalue weighted by atomic mass is 9.95. The third-order valence-electron chi connectivity index (χ3n) is 4.05. The Morgan fingerprint density at radius 1 is 1.36 bits per heavy atom. The maximum atomic E-state index is 12.0. The van der Waals surface area contributed by atoms with Crippen molar-refractivity contribution < 1.29 is 4.79 Å². The second kappa shape index (κ2) is 7.07. The highest BCUT2D eigenvalue weighted by atomic mass is 16.1. The first-order valence-electron chi connectivity index (χ1n) is 8.28. The van der Waals surface area contributed by atoms with Crippen LogP contribution in [0, 0.1) is 5.92 Å². The Hall–Kier alpha value is -1.65. The van der Waals surface area contributed by atoms with E-state index in [-0.39, 0.29) is 17.2 Å². The summed E-state index contributed by atoms with van der Waals surface area (Å²) in [4.78, 5) is 23.4. The lowest BCUT2D eigenvalue weighted by Gasteiger charge is -2.32. The Balaban J connectivity index is 1.96. The van der Waals surface area contributed by atoms with Crippen LogP contribution in [0.1, 0.15) is 52.8 Å². The van der Waals surface area contributed by atoms with Crippen molar-refractivity contribution >= 4 is 11.7 Å². The molecule has 0 spiro atoms. The lowest BCUT2D eigenvalue weighted by molar-refractivity contribution is -0.125. The van der Waals surface area contributed by atoms with Gasteiger partial charge in [0.25, 0.3) is 0 Å². The smallest absolute Gasteiger partial charge is 0.223 e. The number of anilines is 1. The van der Waals surface area contributed by atoms with Crippen molar-refractivity contribution in [3.63, 3.8) is 0 Å². The largest absolute Gasteiger partial charge is 0.356 e. The van der Waals surface area contributed by atoms with Crippen LogP contribution >= 0.6 is 0 Å². The molecule has 5 nitrogen and oxygen atoms in total. The summed E-state index contributed by atoms with van der Waals surface area (Å²) in [6, 6.07) is 1.97. The van der Waals surface area contributed by atoms with Gasteiger partial charge < -0.3 is 10.2 Å². The van der Waals surface area contributed by atoms with Crippen molar-refractivity contribution in [3.05, 3.63) is 18.1 Å². The third-order valence-corrected chi connectivity index (χ3v) is 4.05. The summed E-state index contributed by atoms with van der Waals surface area (Å²) in [6.07, 6.45) is 4.61. The van der Waals surface area contributed by atoms with Crippen LogP contribution in [0.3, 0.4) is 0 Å². The molecule has 1 aliphatic rings. The maximum Gasteiger partial charge on any atom is 0.223 e. The molecule has 122 valence electrons. The van der Waals surface area contributed by atoms with Gasteiger partial charge in [-0.05, 0) is 25.3 Å². The Kier molecular flexibility index (Phi) is 5.37. The van der Waals surface area contributed by atoms with Gasteiger partial charge in [0.1, 0.15) is 11.6 Å². The second-order valence-corrected chi connectivity index (χ2v) is 7.04. The molecule has 22 heavy (non-hydrogen) atoms. The first kappa shape index (κ1) is 16.7. The van der Waals surface area contributed by atoms with Crippen LogP contribution in [0.4, 0.5) is 5.82 Å². The molecule has 1 aromatic rings. The van der Waals surface area contributed by atoms with Crippen LogP contribution in [0.2, 0.25) is 0 Å². The monoisotopic (exact) mass is 304 g/mol. The highest BCUT2D eigenvalue weighted by molar-refractivity contribution is 5.78. The van der Waals surface area contributed by atoms with Crippen molar-refractivity contribution in [1.82, 2.24) is 15.3 Å². The molecule has 0 atom stereocenters. The van der Waals surface area contributed by atoms with E-state index in [0.717, 1.165) is 50.5 Å². The summed E-state index contributed by atoms with van der Waals surface area (Å²) in [7, 11) is 0. The first-order chi connectivity index (χ1) is 10.4. The van der Waals surface area contributed by atoms with Gasteiger partial charge in [-0.2, -0.15) is 0 Å². The van der Waals surface area contributed by atoms with Gasteiger partial charge in [0.05, 0.1) is 0 Å². The van der Waals surface area contributed by atoms with Crippen molar-refractivity contribution in [2.24, 2.45) is 5.92 Å². The Labute approximate surface area is 133 Å². The fourth-order valence-electron chi connectivity index (χ4n) is 2.65. The molecule has 0 unspecified atom stereocenters. The fraction of sp³-hybridized carbons (Fsp3) is 0.706. The number of hydrogen-bond donors (Lipinski definition) is 1. The van der Waals surface area contributed by atoms with Gasteiger partial charge in [-0.25, -0.2) is 9.97 Å². The number of aromatic nitrogens is 2. The summed E-state index contributed by atoms with van der Waals surface area (Å²) in [5, 5.41) is 3.00. The average Bonchev–Trinajstić information content (AvgIpc) is 2.52. The van der Waals surface area contributed by atoms with Gasteiger partial charge in [-0.3, -0.25) is 4.79 Å². The molecule has 0 radical (unpaired) electrons. The van der Waals surface area contributed by atoms with E-state index < -0.39 is 0 Å². The van der Waals surface area contributed by atoms with Crippen LogP contribution in [0.15, 0.2) is 12.3 Å². The Morgan fingerprint density at radius 3 is 2.64 bits per heavy atom. The van der Waals surface area contributed by atoms with E-state index in [9.17, 15) is 4.79 Å². The summed E-state index contributed by atoms with van der Waals surface area (Å²) in [5.74, 6) is 2.20. The van der Waals surface area contributed by atoms with E-state index in [4.69, 9.17) is 4.98 Å². The van der Waals surface area contributed by atoms with Gasteiger partial charge in [0.2, 0.25) is 5.91 Å². The topological polar surface area (TPSA) is 58.1 Å². The predicted molar refractivity (Wildman–Crippen MR) is 89.0 cm³/mol. The standard InChI is InChI=1S/C17H28N4O/c1-5-9-18-15(22)13-7-11-21(12-8-13)14-6-10-19-16(20-14)17(2,3)4/h6,10,13H,5,7-9,11-12H2,1-4H3,(H,18,22). The molecule has 1 N–H and O–H groups in total.